The summed E-state index contributed by atoms with van der Waals surface area (Å²) in [6.45, 7) is 0.531. The lowest BCUT2D eigenvalue weighted by Crippen LogP contribution is -2.41. The summed E-state index contributed by atoms with van der Waals surface area (Å²) in [4.78, 5) is 38.5. The summed E-state index contributed by atoms with van der Waals surface area (Å²) < 4.78 is 5.65. The Balaban J connectivity index is 1.70. The van der Waals surface area contributed by atoms with E-state index in [2.05, 4.69) is 27.9 Å². The minimum absolute atomic E-state index is 0.204. The van der Waals surface area contributed by atoms with Crippen LogP contribution in [0.3, 0.4) is 0 Å². The Morgan fingerprint density at radius 2 is 1.81 bits per heavy atom. The summed E-state index contributed by atoms with van der Waals surface area (Å²) in [6, 6.07) is 13.5. The number of methoxy groups -OCH3 is 1. The fourth-order valence-electron chi connectivity index (χ4n) is 3.10. The molecule has 0 saturated carbocycles. The van der Waals surface area contributed by atoms with Crippen LogP contribution in [0.4, 0.5) is 5.69 Å². The van der Waals surface area contributed by atoms with Crippen molar-refractivity contribution >= 4 is 46.1 Å². The lowest BCUT2D eigenvalue weighted by atomic mass is 10.1. The van der Waals surface area contributed by atoms with Gasteiger partial charge >= 0.3 is 5.97 Å². The van der Waals surface area contributed by atoms with Crippen LogP contribution in [0.15, 0.2) is 48.5 Å². The largest absolute Gasteiger partial charge is 0.467 e. The number of rotatable bonds is 4. The molecule has 0 spiro atoms. The first kappa shape index (κ1) is 19.3. The van der Waals surface area contributed by atoms with Crippen molar-refractivity contribution in [2.75, 3.05) is 19.0 Å². The maximum Gasteiger partial charge on any atom is 0.328 e. The zero-order valence-corrected chi connectivity index (χ0v) is 16.9. The smallest absolute Gasteiger partial charge is 0.328 e. The van der Waals surface area contributed by atoms with Crippen LogP contribution < -0.4 is 5.32 Å². The minimum Gasteiger partial charge on any atom is -0.467 e. The molecule has 1 aliphatic rings. The molecule has 0 aromatic heterocycles. The number of anilines is 1. The zero-order chi connectivity index (χ0) is 19.4. The highest BCUT2D eigenvalue weighted by Crippen LogP contribution is 2.22. The second-order valence-electron chi connectivity index (χ2n) is 6.19. The van der Waals surface area contributed by atoms with Crippen LogP contribution in [-0.4, -0.2) is 42.4 Å². The van der Waals surface area contributed by atoms with Gasteiger partial charge in [0.2, 0.25) is 0 Å². The number of amides is 2. The van der Waals surface area contributed by atoms with E-state index in [-0.39, 0.29) is 17.8 Å². The number of ether oxygens (including phenoxy) is 1. The Hall–Kier alpha value is -2.42. The summed E-state index contributed by atoms with van der Waals surface area (Å²) in [5.41, 5.74) is 1.66. The predicted molar refractivity (Wildman–Crippen MR) is 110 cm³/mol. The summed E-state index contributed by atoms with van der Waals surface area (Å²) >= 11 is 2.12. The third-order valence-electron chi connectivity index (χ3n) is 4.50. The van der Waals surface area contributed by atoms with E-state index in [4.69, 9.17) is 4.74 Å². The van der Waals surface area contributed by atoms with Gasteiger partial charge in [0.05, 0.1) is 12.7 Å². The molecule has 1 unspecified atom stereocenters. The molecular formula is C20H19IN2O4. The minimum atomic E-state index is -0.526. The first-order valence-electron chi connectivity index (χ1n) is 8.56. The Morgan fingerprint density at radius 1 is 1.11 bits per heavy atom. The number of halogens is 1. The molecule has 0 radical (unpaired) electrons. The lowest BCUT2D eigenvalue weighted by molar-refractivity contribution is -0.145. The number of esters is 1. The highest BCUT2D eigenvalue weighted by molar-refractivity contribution is 14.1. The van der Waals surface area contributed by atoms with Gasteiger partial charge in [0.25, 0.3) is 11.8 Å². The highest BCUT2D eigenvalue weighted by atomic mass is 127. The van der Waals surface area contributed by atoms with Crippen LogP contribution in [-0.2, 0) is 9.53 Å². The quantitative estimate of drug-likeness (QED) is 0.541. The average molecular weight is 478 g/mol. The summed E-state index contributed by atoms with van der Waals surface area (Å²) in [6.07, 6.45) is 1.39. The molecule has 2 aromatic rings. The van der Waals surface area contributed by atoms with Crippen LogP contribution in [0.1, 0.15) is 33.6 Å². The number of nitrogens with zero attached hydrogens (tertiary/aromatic N) is 1. The Morgan fingerprint density at radius 3 is 2.48 bits per heavy atom. The van der Waals surface area contributed by atoms with E-state index in [1.807, 2.05) is 18.2 Å². The maximum atomic E-state index is 12.7. The van der Waals surface area contributed by atoms with Crippen molar-refractivity contribution in [1.82, 2.24) is 4.90 Å². The number of carbonyl (C=O) groups excluding carboxylic acids is 3. The van der Waals surface area contributed by atoms with Crippen molar-refractivity contribution in [3.8, 4) is 0 Å². The van der Waals surface area contributed by atoms with Crippen molar-refractivity contribution < 1.29 is 19.1 Å². The monoisotopic (exact) mass is 478 g/mol. The Labute approximate surface area is 171 Å². The molecule has 0 bridgehead atoms. The molecule has 1 saturated heterocycles. The molecule has 140 valence electrons. The molecule has 7 heteroatoms. The molecular weight excluding hydrogens is 459 g/mol. The van der Waals surface area contributed by atoms with Gasteiger partial charge in [-0.3, -0.25) is 9.59 Å². The second-order valence-corrected chi connectivity index (χ2v) is 7.35. The summed E-state index contributed by atoms with van der Waals surface area (Å²) in [7, 11) is 1.33. The van der Waals surface area contributed by atoms with Gasteiger partial charge in [-0.05, 0) is 71.8 Å². The van der Waals surface area contributed by atoms with Crippen molar-refractivity contribution in [3.63, 3.8) is 0 Å². The van der Waals surface area contributed by atoms with E-state index in [9.17, 15) is 14.4 Å². The molecule has 2 amide bonds. The second kappa shape index (κ2) is 8.51. The highest BCUT2D eigenvalue weighted by Gasteiger charge is 2.35. The van der Waals surface area contributed by atoms with E-state index >= 15 is 0 Å². The Kier molecular flexibility index (Phi) is 6.10. The number of likely N-dealkylation sites (tertiary alicyclic amines) is 1. The fourth-order valence-corrected chi connectivity index (χ4v) is 3.73. The van der Waals surface area contributed by atoms with E-state index in [1.54, 1.807) is 35.2 Å². The third-order valence-corrected chi connectivity index (χ3v) is 5.44. The van der Waals surface area contributed by atoms with Crippen LogP contribution in [0.5, 0.6) is 0 Å². The van der Waals surface area contributed by atoms with Gasteiger partial charge in [0, 0.05) is 21.4 Å². The number of hydrogen-bond donors (Lipinski definition) is 1. The summed E-state index contributed by atoms with van der Waals surface area (Å²) in [5, 5.41) is 2.83. The molecule has 6 nitrogen and oxygen atoms in total. The number of nitrogens with one attached hydrogen (secondary N) is 1. The van der Waals surface area contributed by atoms with Gasteiger partial charge in [-0.15, -0.1) is 0 Å². The van der Waals surface area contributed by atoms with E-state index in [1.165, 1.54) is 7.11 Å². The molecule has 1 N–H and O–H groups in total. The van der Waals surface area contributed by atoms with Gasteiger partial charge in [0.1, 0.15) is 6.04 Å². The molecule has 0 aliphatic carbocycles. The van der Waals surface area contributed by atoms with Gasteiger partial charge in [0.15, 0.2) is 0 Å². The summed E-state index contributed by atoms with van der Waals surface area (Å²) in [5.74, 6) is -0.801. The van der Waals surface area contributed by atoms with Crippen LogP contribution in [0.25, 0.3) is 0 Å². The van der Waals surface area contributed by atoms with Gasteiger partial charge < -0.3 is 15.0 Å². The third kappa shape index (κ3) is 4.29. The van der Waals surface area contributed by atoms with E-state index < -0.39 is 6.04 Å². The first-order chi connectivity index (χ1) is 13.0. The van der Waals surface area contributed by atoms with Gasteiger partial charge in [-0.25, -0.2) is 4.79 Å². The van der Waals surface area contributed by atoms with Crippen molar-refractivity contribution in [2.24, 2.45) is 0 Å². The first-order valence-corrected chi connectivity index (χ1v) is 9.64. The van der Waals surface area contributed by atoms with E-state index in [0.717, 1.165) is 9.99 Å². The molecule has 27 heavy (non-hydrogen) atoms. The van der Waals surface area contributed by atoms with Crippen LogP contribution in [0.2, 0.25) is 0 Å². The van der Waals surface area contributed by atoms with Crippen molar-refractivity contribution in [1.29, 1.82) is 0 Å². The fraction of sp³-hybridized carbons (Fsp3) is 0.250. The normalized spacial score (nSPS) is 16.1. The molecule has 1 fully saturated rings. The number of carbonyl (C=O) groups is 3. The maximum absolute atomic E-state index is 12.7. The van der Waals surface area contributed by atoms with Gasteiger partial charge in [-0.1, -0.05) is 12.1 Å². The van der Waals surface area contributed by atoms with Gasteiger partial charge in [-0.2, -0.15) is 0 Å². The van der Waals surface area contributed by atoms with Crippen LogP contribution >= 0.6 is 22.6 Å². The standard InChI is InChI=1S/C20H19IN2O4/c1-27-20(26)17-7-4-12-23(17)19(25)13-8-10-14(11-9-13)22-18(24)15-5-2-3-6-16(15)21/h2-3,5-6,8-11,17H,4,7,12H2,1H3,(H,22,24). The average Bonchev–Trinajstić information content (AvgIpc) is 3.17. The predicted octanol–water partition coefficient (Wildman–Crippen LogP) is 3.32. The van der Waals surface area contributed by atoms with Crippen molar-refractivity contribution in [3.05, 3.63) is 63.2 Å². The SMILES string of the molecule is COC(=O)C1CCCN1C(=O)c1ccc(NC(=O)c2ccccc2I)cc1. The lowest BCUT2D eigenvalue weighted by Gasteiger charge is -2.22. The Bertz CT molecular complexity index is 867. The van der Waals surface area contributed by atoms with Crippen LogP contribution in [0, 0.1) is 3.57 Å². The van der Waals surface area contributed by atoms with Crippen molar-refractivity contribution in [2.45, 2.75) is 18.9 Å². The molecule has 2 aromatic carbocycles. The molecule has 3 rings (SSSR count). The molecule has 1 atom stereocenters. The zero-order valence-electron chi connectivity index (χ0n) is 14.8. The number of benzene rings is 2. The molecule has 1 heterocycles. The topological polar surface area (TPSA) is 75.7 Å². The van der Waals surface area contributed by atoms with E-state index in [0.29, 0.717) is 29.8 Å². The molecule has 1 aliphatic heterocycles. The number of hydrogen-bond acceptors (Lipinski definition) is 4.